The van der Waals surface area contributed by atoms with Crippen LogP contribution in [0.5, 0.6) is 5.75 Å². The highest BCUT2D eigenvalue weighted by atomic mass is 16.5. The quantitative estimate of drug-likeness (QED) is 0.698. The van der Waals surface area contributed by atoms with Crippen molar-refractivity contribution >= 4 is 5.91 Å². The Hall–Kier alpha value is -1.55. The van der Waals surface area contributed by atoms with Gasteiger partial charge in [-0.2, -0.15) is 0 Å². The third kappa shape index (κ3) is 4.91. The maximum Gasteiger partial charge on any atom is 0.224 e. The fraction of sp³-hybridized carbons (Fsp3) is 0.533. The van der Waals surface area contributed by atoms with Crippen molar-refractivity contribution in [3.05, 3.63) is 29.8 Å². The molecule has 2 rings (SSSR count). The molecule has 0 aliphatic heterocycles. The van der Waals surface area contributed by atoms with Crippen molar-refractivity contribution in [3.8, 4) is 5.75 Å². The molecule has 0 atom stereocenters. The van der Waals surface area contributed by atoms with Gasteiger partial charge < -0.3 is 15.4 Å². The maximum atomic E-state index is 11.8. The maximum absolute atomic E-state index is 11.8. The number of benzene rings is 1. The Kier molecular flexibility index (Phi) is 5.21. The van der Waals surface area contributed by atoms with Gasteiger partial charge in [-0.1, -0.05) is 18.2 Å². The van der Waals surface area contributed by atoms with E-state index >= 15 is 0 Å². The molecule has 0 heterocycles. The molecule has 1 aliphatic rings. The summed E-state index contributed by atoms with van der Waals surface area (Å²) in [5.41, 5.74) is 0.929. The molecule has 0 saturated heterocycles. The number of hydrogen-bond acceptors (Lipinski definition) is 3. The van der Waals surface area contributed by atoms with E-state index in [1.807, 2.05) is 24.3 Å². The Bertz CT molecular complexity index is 416. The van der Waals surface area contributed by atoms with E-state index in [1.54, 1.807) is 7.11 Å². The van der Waals surface area contributed by atoms with Crippen molar-refractivity contribution in [1.29, 1.82) is 0 Å². The van der Waals surface area contributed by atoms with Crippen LogP contribution in [0.15, 0.2) is 24.3 Å². The van der Waals surface area contributed by atoms with Crippen LogP contribution in [0.4, 0.5) is 0 Å². The lowest BCUT2D eigenvalue weighted by molar-refractivity contribution is -0.120. The molecule has 1 aliphatic carbocycles. The topological polar surface area (TPSA) is 50.4 Å². The average molecular weight is 262 g/mol. The molecular formula is C15H22N2O2. The molecule has 1 saturated carbocycles. The Balaban J connectivity index is 1.65. The van der Waals surface area contributed by atoms with Crippen molar-refractivity contribution in [2.45, 2.75) is 31.7 Å². The van der Waals surface area contributed by atoms with Gasteiger partial charge in [0.05, 0.1) is 13.5 Å². The summed E-state index contributed by atoms with van der Waals surface area (Å²) >= 11 is 0. The van der Waals surface area contributed by atoms with E-state index in [1.165, 1.54) is 12.8 Å². The molecule has 1 amide bonds. The first kappa shape index (κ1) is 13.9. The van der Waals surface area contributed by atoms with Crippen LogP contribution in [-0.4, -0.2) is 32.1 Å². The van der Waals surface area contributed by atoms with Crippen LogP contribution >= 0.6 is 0 Å². The summed E-state index contributed by atoms with van der Waals surface area (Å²) in [4.78, 5) is 11.8. The second-order valence-electron chi connectivity index (χ2n) is 4.92. The number of hydrogen-bond donors (Lipinski definition) is 2. The van der Waals surface area contributed by atoms with E-state index in [4.69, 9.17) is 4.74 Å². The molecule has 4 nitrogen and oxygen atoms in total. The molecule has 104 valence electrons. The van der Waals surface area contributed by atoms with Gasteiger partial charge in [0.1, 0.15) is 5.75 Å². The number of para-hydroxylation sites is 1. The van der Waals surface area contributed by atoms with Gasteiger partial charge in [0.25, 0.3) is 0 Å². The highest BCUT2D eigenvalue weighted by molar-refractivity contribution is 5.79. The van der Waals surface area contributed by atoms with Crippen molar-refractivity contribution in [3.63, 3.8) is 0 Å². The number of ether oxygens (including phenoxy) is 1. The second kappa shape index (κ2) is 7.14. The predicted octanol–water partition coefficient (Wildman–Crippen LogP) is 1.50. The zero-order chi connectivity index (χ0) is 13.5. The lowest BCUT2D eigenvalue weighted by atomic mass is 10.1. The normalized spacial score (nSPS) is 14.2. The van der Waals surface area contributed by atoms with E-state index in [-0.39, 0.29) is 5.91 Å². The molecule has 4 heteroatoms. The summed E-state index contributed by atoms with van der Waals surface area (Å²) in [7, 11) is 1.63. The highest BCUT2D eigenvalue weighted by Gasteiger charge is 2.19. The average Bonchev–Trinajstić information content (AvgIpc) is 3.23. The SMILES string of the molecule is COc1ccccc1CC(=O)NCCCNC1CC1. The van der Waals surface area contributed by atoms with Crippen LogP contribution in [0.25, 0.3) is 0 Å². The van der Waals surface area contributed by atoms with Crippen molar-refractivity contribution in [2.24, 2.45) is 0 Å². The van der Waals surface area contributed by atoms with E-state index in [0.29, 0.717) is 6.42 Å². The zero-order valence-electron chi connectivity index (χ0n) is 11.4. The van der Waals surface area contributed by atoms with Crippen LogP contribution in [-0.2, 0) is 11.2 Å². The summed E-state index contributed by atoms with van der Waals surface area (Å²) < 4.78 is 5.23. The van der Waals surface area contributed by atoms with Gasteiger partial charge in [0.2, 0.25) is 5.91 Å². The van der Waals surface area contributed by atoms with Crippen molar-refractivity contribution in [1.82, 2.24) is 10.6 Å². The summed E-state index contributed by atoms with van der Waals surface area (Å²) in [6, 6.07) is 8.37. The number of methoxy groups -OCH3 is 1. The fourth-order valence-electron chi connectivity index (χ4n) is 1.99. The second-order valence-corrected chi connectivity index (χ2v) is 4.92. The van der Waals surface area contributed by atoms with E-state index < -0.39 is 0 Å². The van der Waals surface area contributed by atoms with E-state index in [0.717, 1.165) is 36.9 Å². The van der Waals surface area contributed by atoms with Crippen LogP contribution in [0.2, 0.25) is 0 Å². The largest absolute Gasteiger partial charge is 0.496 e. The standard InChI is InChI=1S/C15H22N2O2/c1-19-14-6-3-2-5-12(14)11-15(18)17-10-4-9-16-13-7-8-13/h2-3,5-6,13,16H,4,7-11H2,1H3,(H,17,18). The summed E-state index contributed by atoms with van der Waals surface area (Å²) in [5.74, 6) is 0.823. The molecule has 1 aromatic rings. The Morgan fingerprint density at radius 1 is 1.32 bits per heavy atom. The highest BCUT2D eigenvalue weighted by Crippen LogP contribution is 2.18. The number of nitrogens with one attached hydrogen (secondary N) is 2. The summed E-state index contributed by atoms with van der Waals surface area (Å²) in [6.45, 7) is 1.72. The van der Waals surface area contributed by atoms with Crippen LogP contribution in [0, 0.1) is 0 Å². The van der Waals surface area contributed by atoms with E-state index in [2.05, 4.69) is 10.6 Å². The van der Waals surface area contributed by atoms with Gasteiger partial charge in [-0.05, 0) is 31.9 Å². The molecular weight excluding hydrogens is 240 g/mol. The first-order valence-electron chi connectivity index (χ1n) is 6.91. The molecule has 0 unspecified atom stereocenters. The Morgan fingerprint density at radius 3 is 2.84 bits per heavy atom. The molecule has 1 aromatic carbocycles. The minimum atomic E-state index is 0.0518. The lowest BCUT2D eigenvalue weighted by Crippen LogP contribution is -2.29. The van der Waals surface area contributed by atoms with Crippen molar-refractivity contribution < 1.29 is 9.53 Å². The molecule has 2 N–H and O–H groups in total. The number of carbonyl (C=O) groups excluding carboxylic acids is 1. The molecule has 0 aromatic heterocycles. The lowest BCUT2D eigenvalue weighted by Gasteiger charge is -2.09. The van der Waals surface area contributed by atoms with Gasteiger partial charge in [-0.3, -0.25) is 4.79 Å². The number of carbonyl (C=O) groups is 1. The molecule has 1 fully saturated rings. The minimum Gasteiger partial charge on any atom is -0.496 e. The summed E-state index contributed by atoms with van der Waals surface area (Å²) in [5, 5.41) is 6.37. The fourth-order valence-corrected chi connectivity index (χ4v) is 1.99. The first-order valence-corrected chi connectivity index (χ1v) is 6.91. The third-order valence-electron chi connectivity index (χ3n) is 3.23. The van der Waals surface area contributed by atoms with Crippen LogP contribution in [0.1, 0.15) is 24.8 Å². The zero-order valence-corrected chi connectivity index (χ0v) is 11.4. The predicted molar refractivity (Wildman–Crippen MR) is 75.3 cm³/mol. The van der Waals surface area contributed by atoms with Gasteiger partial charge >= 0.3 is 0 Å². The third-order valence-corrected chi connectivity index (χ3v) is 3.23. The molecule has 0 bridgehead atoms. The van der Waals surface area contributed by atoms with Gasteiger partial charge in [0, 0.05) is 18.2 Å². The smallest absolute Gasteiger partial charge is 0.224 e. The van der Waals surface area contributed by atoms with Gasteiger partial charge in [0.15, 0.2) is 0 Å². The van der Waals surface area contributed by atoms with Gasteiger partial charge in [-0.25, -0.2) is 0 Å². The Labute approximate surface area is 114 Å². The minimum absolute atomic E-state index is 0.0518. The summed E-state index contributed by atoms with van der Waals surface area (Å²) in [6.07, 6.45) is 3.97. The molecule has 0 radical (unpaired) electrons. The van der Waals surface area contributed by atoms with Crippen LogP contribution < -0.4 is 15.4 Å². The monoisotopic (exact) mass is 262 g/mol. The van der Waals surface area contributed by atoms with Gasteiger partial charge in [-0.15, -0.1) is 0 Å². The Morgan fingerprint density at radius 2 is 2.11 bits per heavy atom. The van der Waals surface area contributed by atoms with Crippen LogP contribution in [0.3, 0.4) is 0 Å². The molecule has 19 heavy (non-hydrogen) atoms. The molecule has 0 spiro atoms. The number of amides is 1. The van der Waals surface area contributed by atoms with Crippen molar-refractivity contribution in [2.75, 3.05) is 20.2 Å². The number of rotatable bonds is 8. The van der Waals surface area contributed by atoms with E-state index in [9.17, 15) is 4.79 Å². The first-order chi connectivity index (χ1) is 9.29.